The summed E-state index contributed by atoms with van der Waals surface area (Å²) in [6.07, 6.45) is 0.833. The van der Waals surface area contributed by atoms with Crippen LogP contribution in [-0.2, 0) is 22.6 Å². The minimum absolute atomic E-state index is 0.0847. The van der Waals surface area contributed by atoms with Gasteiger partial charge < -0.3 is 15.5 Å². The van der Waals surface area contributed by atoms with Gasteiger partial charge in [-0.05, 0) is 18.1 Å². The molecule has 142 valence electrons. The zero-order valence-corrected chi connectivity index (χ0v) is 15.2. The van der Waals surface area contributed by atoms with Gasteiger partial charge in [-0.2, -0.15) is 0 Å². The fourth-order valence-corrected chi connectivity index (χ4v) is 3.19. The first-order valence-electron chi connectivity index (χ1n) is 9.19. The Labute approximate surface area is 158 Å². The normalized spacial score (nSPS) is 17.0. The Morgan fingerprint density at radius 1 is 1.15 bits per heavy atom. The first-order valence-corrected chi connectivity index (χ1v) is 9.19. The Morgan fingerprint density at radius 3 is 2.67 bits per heavy atom. The number of halogens is 1. The van der Waals surface area contributed by atoms with Crippen LogP contribution in [0.3, 0.4) is 0 Å². The van der Waals surface area contributed by atoms with Crippen LogP contribution in [0.15, 0.2) is 54.6 Å². The highest BCUT2D eigenvalue weighted by molar-refractivity contribution is 5.88. The van der Waals surface area contributed by atoms with Crippen molar-refractivity contribution in [1.29, 1.82) is 0 Å². The molecule has 1 atom stereocenters. The van der Waals surface area contributed by atoms with E-state index >= 15 is 0 Å². The van der Waals surface area contributed by atoms with E-state index in [2.05, 4.69) is 10.6 Å². The molecule has 1 saturated heterocycles. The van der Waals surface area contributed by atoms with Gasteiger partial charge in [0.25, 0.3) is 0 Å². The third kappa shape index (κ3) is 5.37. The van der Waals surface area contributed by atoms with Crippen LogP contribution in [0.25, 0.3) is 0 Å². The molecule has 1 aliphatic rings. The largest absolute Gasteiger partial charge is 0.356 e. The standard InChI is InChI=1S/C21H24FN3O2/c22-18-9-5-4-8-17(18)15-25-13-12-23-19(21(25)27)14-20(26)24-11-10-16-6-2-1-3-7-16/h1-9,19,23H,10-15H2,(H,24,26). The van der Waals surface area contributed by atoms with Gasteiger partial charge in [0.1, 0.15) is 5.82 Å². The van der Waals surface area contributed by atoms with E-state index in [9.17, 15) is 14.0 Å². The zero-order valence-electron chi connectivity index (χ0n) is 15.2. The van der Waals surface area contributed by atoms with Gasteiger partial charge in [0, 0.05) is 31.7 Å². The second kappa shape index (κ2) is 9.28. The minimum atomic E-state index is -0.567. The highest BCUT2D eigenvalue weighted by Crippen LogP contribution is 2.13. The molecule has 1 aliphatic heterocycles. The average Bonchev–Trinajstić information content (AvgIpc) is 2.67. The van der Waals surface area contributed by atoms with E-state index in [1.54, 1.807) is 23.1 Å². The van der Waals surface area contributed by atoms with Crippen LogP contribution in [-0.4, -0.2) is 42.4 Å². The second-order valence-electron chi connectivity index (χ2n) is 6.65. The van der Waals surface area contributed by atoms with Gasteiger partial charge in [-0.25, -0.2) is 4.39 Å². The molecular formula is C21H24FN3O2. The van der Waals surface area contributed by atoms with Gasteiger partial charge in [-0.3, -0.25) is 9.59 Å². The average molecular weight is 369 g/mol. The lowest BCUT2D eigenvalue weighted by atomic mass is 10.1. The van der Waals surface area contributed by atoms with Crippen molar-refractivity contribution in [2.45, 2.75) is 25.4 Å². The molecule has 2 aromatic rings. The van der Waals surface area contributed by atoms with Crippen LogP contribution in [0.4, 0.5) is 4.39 Å². The van der Waals surface area contributed by atoms with Crippen molar-refractivity contribution in [3.63, 3.8) is 0 Å². The van der Waals surface area contributed by atoms with Gasteiger partial charge in [0.15, 0.2) is 0 Å². The molecule has 1 unspecified atom stereocenters. The molecule has 0 bridgehead atoms. The maximum absolute atomic E-state index is 13.8. The molecule has 0 saturated carbocycles. The third-order valence-electron chi connectivity index (χ3n) is 4.67. The predicted octanol–water partition coefficient (Wildman–Crippen LogP) is 1.88. The maximum Gasteiger partial charge on any atom is 0.240 e. The van der Waals surface area contributed by atoms with Crippen LogP contribution < -0.4 is 10.6 Å². The van der Waals surface area contributed by atoms with Crippen LogP contribution in [0.1, 0.15) is 17.5 Å². The summed E-state index contributed by atoms with van der Waals surface area (Å²) in [6.45, 7) is 1.84. The molecule has 0 radical (unpaired) electrons. The first-order chi connectivity index (χ1) is 13.1. The molecule has 3 rings (SSSR count). The number of hydrogen-bond acceptors (Lipinski definition) is 3. The molecular weight excluding hydrogens is 345 g/mol. The van der Waals surface area contributed by atoms with Crippen molar-refractivity contribution in [1.82, 2.24) is 15.5 Å². The lowest BCUT2D eigenvalue weighted by Crippen LogP contribution is -2.55. The van der Waals surface area contributed by atoms with E-state index in [1.807, 2.05) is 30.3 Å². The Kier molecular flexibility index (Phi) is 6.54. The molecule has 0 spiro atoms. The minimum Gasteiger partial charge on any atom is -0.356 e. The summed E-state index contributed by atoms with van der Waals surface area (Å²) in [5.74, 6) is -0.647. The quantitative estimate of drug-likeness (QED) is 0.783. The molecule has 2 amide bonds. The first kappa shape index (κ1) is 19.0. The number of carbonyl (C=O) groups is 2. The zero-order chi connectivity index (χ0) is 19.1. The summed E-state index contributed by atoms with van der Waals surface area (Å²) >= 11 is 0. The van der Waals surface area contributed by atoms with Gasteiger partial charge >= 0.3 is 0 Å². The Balaban J connectivity index is 1.48. The number of amides is 2. The van der Waals surface area contributed by atoms with E-state index in [4.69, 9.17) is 0 Å². The van der Waals surface area contributed by atoms with E-state index in [0.29, 0.717) is 25.2 Å². The second-order valence-corrected chi connectivity index (χ2v) is 6.65. The van der Waals surface area contributed by atoms with E-state index in [1.165, 1.54) is 6.07 Å². The van der Waals surface area contributed by atoms with Gasteiger partial charge in [0.2, 0.25) is 11.8 Å². The van der Waals surface area contributed by atoms with Gasteiger partial charge in [-0.1, -0.05) is 48.5 Å². The third-order valence-corrected chi connectivity index (χ3v) is 4.67. The van der Waals surface area contributed by atoms with Crippen molar-refractivity contribution < 1.29 is 14.0 Å². The molecule has 1 fully saturated rings. The molecule has 2 aromatic carbocycles. The van der Waals surface area contributed by atoms with Crippen molar-refractivity contribution in [2.24, 2.45) is 0 Å². The van der Waals surface area contributed by atoms with Crippen LogP contribution in [0.5, 0.6) is 0 Å². The number of rotatable bonds is 7. The summed E-state index contributed by atoms with van der Waals surface area (Å²) in [5, 5.41) is 5.96. The summed E-state index contributed by atoms with van der Waals surface area (Å²) in [4.78, 5) is 26.4. The molecule has 0 aromatic heterocycles. The number of hydrogen-bond donors (Lipinski definition) is 2. The van der Waals surface area contributed by atoms with Crippen molar-refractivity contribution in [3.05, 3.63) is 71.5 Å². The topological polar surface area (TPSA) is 61.4 Å². The summed E-state index contributed by atoms with van der Waals surface area (Å²) < 4.78 is 13.8. The molecule has 6 heteroatoms. The SMILES string of the molecule is O=C(CC1NCCN(Cc2ccccc2F)C1=O)NCCc1ccccc1. The molecule has 27 heavy (non-hydrogen) atoms. The van der Waals surface area contributed by atoms with E-state index in [-0.39, 0.29) is 30.6 Å². The van der Waals surface area contributed by atoms with Crippen LogP contribution >= 0.6 is 0 Å². The van der Waals surface area contributed by atoms with Gasteiger partial charge in [-0.15, -0.1) is 0 Å². The Hall–Kier alpha value is -2.73. The van der Waals surface area contributed by atoms with Crippen LogP contribution in [0.2, 0.25) is 0 Å². The highest BCUT2D eigenvalue weighted by Gasteiger charge is 2.30. The molecule has 2 N–H and O–H groups in total. The molecule has 1 heterocycles. The number of benzene rings is 2. The fraction of sp³-hybridized carbons (Fsp3) is 0.333. The summed E-state index contributed by atoms with van der Waals surface area (Å²) in [6, 6.07) is 15.8. The van der Waals surface area contributed by atoms with Crippen molar-refractivity contribution in [3.8, 4) is 0 Å². The predicted molar refractivity (Wildman–Crippen MR) is 101 cm³/mol. The smallest absolute Gasteiger partial charge is 0.240 e. The highest BCUT2D eigenvalue weighted by atomic mass is 19.1. The summed E-state index contributed by atoms with van der Waals surface area (Å²) in [5.41, 5.74) is 1.64. The van der Waals surface area contributed by atoms with E-state index < -0.39 is 6.04 Å². The summed E-state index contributed by atoms with van der Waals surface area (Å²) in [7, 11) is 0. The lowest BCUT2D eigenvalue weighted by molar-refractivity contribution is -0.138. The maximum atomic E-state index is 13.8. The number of carbonyl (C=O) groups excluding carboxylic acids is 2. The molecule has 0 aliphatic carbocycles. The number of nitrogens with zero attached hydrogens (tertiary/aromatic N) is 1. The molecule has 5 nitrogen and oxygen atoms in total. The van der Waals surface area contributed by atoms with E-state index in [0.717, 1.165) is 12.0 Å². The number of nitrogens with one attached hydrogen (secondary N) is 2. The lowest BCUT2D eigenvalue weighted by Gasteiger charge is -2.33. The van der Waals surface area contributed by atoms with Crippen molar-refractivity contribution >= 4 is 11.8 Å². The Bertz CT molecular complexity index is 782. The number of piperazine rings is 1. The fourth-order valence-electron chi connectivity index (χ4n) is 3.19. The van der Waals surface area contributed by atoms with Gasteiger partial charge in [0.05, 0.1) is 12.5 Å². The van der Waals surface area contributed by atoms with Crippen LogP contribution in [0, 0.1) is 5.82 Å². The monoisotopic (exact) mass is 369 g/mol. The Morgan fingerprint density at radius 2 is 1.89 bits per heavy atom. The van der Waals surface area contributed by atoms with Crippen molar-refractivity contribution in [2.75, 3.05) is 19.6 Å².